The van der Waals surface area contributed by atoms with Crippen molar-refractivity contribution in [1.82, 2.24) is 9.30 Å². The van der Waals surface area contributed by atoms with Gasteiger partial charge in [-0.2, -0.15) is 8.42 Å². The summed E-state index contributed by atoms with van der Waals surface area (Å²) >= 11 is 0. The zero-order valence-electron chi connectivity index (χ0n) is 34.4. The van der Waals surface area contributed by atoms with Gasteiger partial charge in [0.05, 0.1) is 35.3 Å². The molecule has 0 amide bonds. The summed E-state index contributed by atoms with van der Waals surface area (Å²) in [5, 5.41) is 10.1. The Balaban J connectivity index is 0.00000580. The molecule has 2 heterocycles. The van der Waals surface area contributed by atoms with Gasteiger partial charge in [0.15, 0.2) is 0 Å². The molecule has 4 rings (SSSR count). The van der Waals surface area contributed by atoms with E-state index in [-0.39, 0.29) is 102 Å². The second-order valence-corrected chi connectivity index (χ2v) is 19.7. The van der Waals surface area contributed by atoms with E-state index in [4.69, 9.17) is 14.3 Å². The van der Waals surface area contributed by atoms with Crippen molar-refractivity contribution in [3.05, 3.63) is 83.1 Å². The molecule has 0 fully saturated rings. The number of methoxy groups -OCH3 is 1. The summed E-state index contributed by atoms with van der Waals surface area (Å²) in [5.74, 6) is -0.664. The maximum Gasteiger partial charge on any atom is 1.00 e. The number of sulfonamides is 1. The number of carboxylic acid groups (broad SMARTS) is 1. The number of nitrogens with zero attached hydrogens (tertiary/aromatic N) is 2. The molecular weight excluding hydrogens is 829 g/mol. The van der Waals surface area contributed by atoms with Gasteiger partial charge < -0.3 is 19.2 Å². The fraction of sp³-hybridized carbons (Fsp3) is 0.487. The van der Waals surface area contributed by atoms with Crippen LogP contribution in [0.1, 0.15) is 69.9 Å². The van der Waals surface area contributed by atoms with E-state index in [0.717, 1.165) is 22.2 Å². The Morgan fingerprint density at radius 2 is 1.74 bits per heavy atom. The third kappa shape index (κ3) is 14.6. The number of hydrogen-bond donors (Lipinski definition) is 3. The number of carboxylic acids is 1. The van der Waals surface area contributed by atoms with Gasteiger partial charge in [-0.25, -0.2) is 26.1 Å². The fourth-order valence-electron chi connectivity index (χ4n) is 7.22. The third-order valence-corrected chi connectivity index (χ3v) is 13.2. The van der Waals surface area contributed by atoms with Crippen LogP contribution in [0.25, 0.3) is 17.4 Å². The number of benzene rings is 2. The quantitative estimate of drug-likeness (QED) is 0.0459. The van der Waals surface area contributed by atoms with Gasteiger partial charge in [-0.15, -0.1) is 0 Å². The molecule has 0 aromatic heterocycles. The number of ether oxygens (including phenoxy) is 1. The number of hydrogen-bond acceptors (Lipinski definition) is 10. The molecule has 1 unspecified atom stereocenters. The zero-order valence-corrected chi connectivity index (χ0v) is 40.9. The van der Waals surface area contributed by atoms with Gasteiger partial charge in [-0.3, -0.25) is 9.35 Å². The number of aliphatic carboxylic acids is 1. The molecule has 1 aliphatic carbocycles. The molecule has 1 atom stereocenters. The number of allylic oxidation sites excluding steroid dienone is 3. The minimum Gasteiger partial charge on any atom is -0.481 e. The summed E-state index contributed by atoms with van der Waals surface area (Å²) in [5.41, 5.74) is 2.50. The van der Waals surface area contributed by atoms with Crippen molar-refractivity contribution < 1.29 is 108 Å². The monoisotopic (exact) mass is 882 g/mol. The van der Waals surface area contributed by atoms with Gasteiger partial charge in [0, 0.05) is 73.3 Å². The fourth-order valence-corrected chi connectivity index (χ4v) is 9.75. The second-order valence-electron chi connectivity index (χ2n) is 14.1. The van der Waals surface area contributed by atoms with Crippen LogP contribution < -0.4 is 78.7 Å². The summed E-state index contributed by atoms with van der Waals surface area (Å²) in [6, 6.07) is 12.7. The molecule has 1 aromatic rings. The molecule has 0 radical (unpaired) electrons. The molecule has 3 aliphatic rings. The van der Waals surface area contributed by atoms with E-state index < -0.39 is 47.1 Å². The van der Waals surface area contributed by atoms with E-state index in [9.17, 15) is 34.6 Å². The van der Waals surface area contributed by atoms with Crippen molar-refractivity contribution in [2.24, 2.45) is 0 Å². The molecule has 19 heteroatoms. The minimum atomic E-state index is -4.30. The molecule has 1 aromatic carbocycles. The average molecular weight is 883 g/mol. The van der Waals surface area contributed by atoms with Crippen LogP contribution in [0.15, 0.2) is 75.9 Å². The van der Waals surface area contributed by atoms with Crippen molar-refractivity contribution in [3.8, 4) is 11.3 Å². The molecule has 0 saturated heterocycles. The van der Waals surface area contributed by atoms with E-state index in [0.29, 0.717) is 62.3 Å². The van der Waals surface area contributed by atoms with Gasteiger partial charge in [-0.1, -0.05) is 24.6 Å². The van der Waals surface area contributed by atoms with Gasteiger partial charge in [0.1, 0.15) is 28.7 Å². The first-order chi connectivity index (χ1) is 26.4. The van der Waals surface area contributed by atoms with Crippen molar-refractivity contribution in [2.45, 2.75) is 69.1 Å². The topological polar surface area (TPSA) is 201 Å². The molecule has 14 nitrogen and oxygen atoms in total. The van der Waals surface area contributed by atoms with Crippen LogP contribution in [-0.4, -0.2) is 98.5 Å². The summed E-state index contributed by atoms with van der Waals surface area (Å²) < 4.78 is 100.0. The predicted molar refractivity (Wildman–Crippen MR) is 217 cm³/mol. The smallest absolute Gasteiger partial charge is 0.481 e. The van der Waals surface area contributed by atoms with E-state index in [1.54, 1.807) is 12.3 Å². The SMILES string of the molecule is CC[N+](CCCS(C)(=O)=O)=c1ccc2c(/C=C/C=C3/N(CCCCCC(=O)O)c4cccc(S(=O)(=O)NCCOC)c4C3(C)CCCS(=O)(=O)O)ccoc-2c1.[Na+].[Na+]. The molecule has 308 valence electrons. The summed E-state index contributed by atoms with van der Waals surface area (Å²) in [6.07, 6.45) is 10.9. The first-order valence-electron chi connectivity index (χ1n) is 18.6. The Morgan fingerprint density at radius 1 is 1.00 bits per heavy atom. The van der Waals surface area contributed by atoms with Gasteiger partial charge in [-0.05, 0) is 75.4 Å². The first-order valence-corrected chi connectivity index (χ1v) is 23.8. The molecule has 0 bridgehead atoms. The van der Waals surface area contributed by atoms with Gasteiger partial charge >= 0.3 is 65.1 Å². The number of anilines is 1. The van der Waals surface area contributed by atoms with E-state index in [1.807, 2.05) is 67.3 Å². The maximum atomic E-state index is 13.8. The minimum absolute atomic E-state index is 0. The number of rotatable bonds is 22. The first kappa shape index (κ1) is 52.3. The summed E-state index contributed by atoms with van der Waals surface area (Å²) in [4.78, 5) is 13.2. The number of nitrogens with one attached hydrogen (secondary N) is 1. The number of sulfone groups is 1. The second kappa shape index (κ2) is 23.4. The zero-order chi connectivity index (χ0) is 41.1. The molecular formula is C39H54N3Na2O11S3+3. The van der Waals surface area contributed by atoms with E-state index >= 15 is 0 Å². The standard InChI is InChI=1S/C39H53N3O11S3.2Na/c1-5-41(23-12-27-54(4,45)46)31-18-19-32-30(20-25-53-34(32)29-31)13-9-16-36-39(2,21-11-28-55(47,48)49)38-33(42(36)24-8-6-7-17-37(43)44)14-10-15-35(38)56(50,51)40-22-26-52-3;;/h9-10,13-16,18-20,25,29,40H,5-8,11-12,17,21-24,26-28H2,1-4H3,(H-,43,44,47,48,49);;/q;2*+1/p+1. The van der Waals surface area contributed by atoms with Gasteiger partial charge in [0.25, 0.3) is 10.1 Å². The van der Waals surface area contributed by atoms with Crippen LogP contribution in [0.5, 0.6) is 0 Å². The average Bonchev–Trinajstić information content (AvgIpc) is 3.35. The molecule has 3 N–H and O–H groups in total. The van der Waals surface area contributed by atoms with Crippen LogP contribution in [-0.2, 0) is 44.9 Å². The van der Waals surface area contributed by atoms with Crippen molar-refractivity contribution in [1.29, 1.82) is 0 Å². The molecule has 58 heavy (non-hydrogen) atoms. The Labute approximate surface area is 387 Å². The summed E-state index contributed by atoms with van der Waals surface area (Å²) in [7, 11) is -9.96. The molecule has 0 saturated carbocycles. The van der Waals surface area contributed by atoms with Crippen LogP contribution in [0.3, 0.4) is 0 Å². The number of carbonyl (C=O) groups is 1. The normalized spacial score (nSPS) is 17.0. The van der Waals surface area contributed by atoms with E-state index in [2.05, 4.69) is 9.30 Å². The Morgan fingerprint density at radius 3 is 2.40 bits per heavy atom. The van der Waals surface area contributed by atoms with Crippen LogP contribution in [0.4, 0.5) is 5.69 Å². The van der Waals surface area contributed by atoms with E-state index in [1.165, 1.54) is 19.4 Å². The third-order valence-electron chi connectivity index (χ3n) is 9.88. The molecule has 0 spiro atoms. The molecule has 2 aliphatic heterocycles. The Kier molecular flexibility index (Phi) is 21.1. The Hall–Kier alpha value is -1.87. The predicted octanol–water partition coefficient (Wildman–Crippen LogP) is -1.47. The van der Waals surface area contributed by atoms with Crippen LogP contribution >= 0.6 is 0 Å². The van der Waals surface area contributed by atoms with Crippen LogP contribution in [0, 0.1) is 0 Å². The largest absolute Gasteiger partial charge is 1.00 e. The van der Waals surface area contributed by atoms with Crippen molar-refractivity contribution in [2.75, 3.05) is 62.6 Å². The number of fused-ring (bicyclic) bond motifs is 2. The van der Waals surface area contributed by atoms with Gasteiger partial charge in [0.2, 0.25) is 15.4 Å². The number of unbranched alkanes of at least 4 members (excludes halogenated alkanes) is 2. The summed E-state index contributed by atoms with van der Waals surface area (Å²) in [6.45, 7) is 5.76. The van der Waals surface area contributed by atoms with Crippen LogP contribution in [0.2, 0.25) is 0 Å². The van der Waals surface area contributed by atoms with Crippen molar-refractivity contribution in [3.63, 3.8) is 0 Å². The Bertz CT molecular complexity index is 2290. The van der Waals surface area contributed by atoms with Crippen molar-refractivity contribution >= 4 is 47.7 Å². The maximum absolute atomic E-state index is 13.8.